The molecule has 2 fully saturated rings. The lowest BCUT2D eigenvalue weighted by atomic mass is 9.59. The van der Waals surface area contributed by atoms with Crippen molar-refractivity contribution in [3.8, 4) is 11.6 Å². The van der Waals surface area contributed by atoms with Gasteiger partial charge in [-0.15, -0.1) is 0 Å². The number of benzene rings is 1. The van der Waals surface area contributed by atoms with Crippen molar-refractivity contribution in [1.29, 1.82) is 0 Å². The van der Waals surface area contributed by atoms with E-state index in [0.717, 1.165) is 42.9 Å². The molecule has 1 aromatic carbocycles. The smallest absolute Gasteiger partial charge is 0.407 e. The van der Waals surface area contributed by atoms with Gasteiger partial charge in [0.05, 0.1) is 29.7 Å². The van der Waals surface area contributed by atoms with Gasteiger partial charge in [-0.25, -0.2) is 18.2 Å². The van der Waals surface area contributed by atoms with E-state index in [1.54, 1.807) is 13.3 Å². The second-order valence-corrected chi connectivity index (χ2v) is 14.6. The molecule has 1 aliphatic heterocycles. The number of hydrogen-bond donors (Lipinski definition) is 1. The molecular formula is C29H41ClN2O6S. The number of amides is 1. The summed E-state index contributed by atoms with van der Waals surface area (Å²) in [6.07, 6.45) is 6.40. The number of methoxy groups -OCH3 is 1. The zero-order chi connectivity index (χ0) is 28.4. The highest BCUT2D eigenvalue weighted by molar-refractivity contribution is 7.91. The van der Waals surface area contributed by atoms with E-state index >= 15 is 0 Å². The maximum atomic E-state index is 12.8. The molecule has 10 heteroatoms. The van der Waals surface area contributed by atoms with Crippen LogP contribution < -0.4 is 14.8 Å². The number of ether oxygens (including phenoxy) is 3. The molecule has 2 aromatic rings. The number of pyridine rings is 1. The summed E-state index contributed by atoms with van der Waals surface area (Å²) in [7, 11) is -1.42. The van der Waals surface area contributed by atoms with Gasteiger partial charge >= 0.3 is 6.09 Å². The van der Waals surface area contributed by atoms with Gasteiger partial charge in [0.1, 0.15) is 21.2 Å². The van der Waals surface area contributed by atoms with E-state index < -0.39 is 21.5 Å². The van der Waals surface area contributed by atoms with Gasteiger partial charge in [0.15, 0.2) is 0 Å². The van der Waals surface area contributed by atoms with Crippen LogP contribution >= 0.6 is 11.6 Å². The molecule has 1 saturated heterocycles. The van der Waals surface area contributed by atoms with Crippen molar-refractivity contribution in [3.63, 3.8) is 0 Å². The maximum absolute atomic E-state index is 12.8. The number of hydrogen-bond acceptors (Lipinski definition) is 7. The van der Waals surface area contributed by atoms with Gasteiger partial charge in [-0.1, -0.05) is 18.5 Å². The number of carbonyl (C=O) groups excluding carboxylic acids is 1. The highest BCUT2D eigenvalue weighted by Crippen LogP contribution is 2.51. The van der Waals surface area contributed by atoms with Crippen LogP contribution in [0.1, 0.15) is 72.6 Å². The Balaban J connectivity index is 1.54. The van der Waals surface area contributed by atoms with Crippen molar-refractivity contribution in [2.24, 2.45) is 11.3 Å². The molecule has 1 N–H and O–H groups in total. The molecule has 1 unspecified atom stereocenters. The molecule has 0 spiro atoms. The number of carbonyl (C=O) groups is 1. The van der Waals surface area contributed by atoms with Crippen LogP contribution in [-0.2, 0) is 14.6 Å². The Morgan fingerprint density at radius 3 is 2.44 bits per heavy atom. The molecule has 4 rings (SSSR count). The van der Waals surface area contributed by atoms with Gasteiger partial charge in [0.2, 0.25) is 5.88 Å². The summed E-state index contributed by atoms with van der Waals surface area (Å²) in [5.41, 5.74) is -0.827. The SMILES string of the molecule is CCC(NC(=O)OC(C)(C)C)C1(C2CCS(=O)(=O)CC2)CCC(Oc2cc3ccnc(OC)c3cc2Cl)CC1. The first-order chi connectivity index (χ1) is 18.4. The molecule has 1 saturated carbocycles. The molecule has 1 aromatic heterocycles. The summed E-state index contributed by atoms with van der Waals surface area (Å²) in [4.78, 5) is 17.1. The topological polar surface area (TPSA) is 104 Å². The lowest BCUT2D eigenvalue weighted by Gasteiger charge is -2.51. The molecule has 2 heterocycles. The number of nitrogens with zero attached hydrogens (tertiary/aromatic N) is 1. The zero-order valence-corrected chi connectivity index (χ0v) is 25.2. The van der Waals surface area contributed by atoms with Gasteiger partial charge in [0.25, 0.3) is 0 Å². The summed E-state index contributed by atoms with van der Waals surface area (Å²) in [6, 6.07) is 5.53. The predicted molar refractivity (Wildman–Crippen MR) is 153 cm³/mol. The van der Waals surface area contributed by atoms with Gasteiger partial charge < -0.3 is 19.5 Å². The average Bonchev–Trinajstić information content (AvgIpc) is 2.87. The fourth-order valence-electron chi connectivity index (χ4n) is 6.43. The minimum Gasteiger partial charge on any atom is -0.489 e. The number of aromatic nitrogens is 1. The van der Waals surface area contributed by atoms with Crippen LogP contribution in [0.15, 0.2) is 24.4 Å². The fraction of sp³-hybridized carbons (Fsp3) is 0.655. The van der Waals surface area contributed by atoms with Crippen molar-refractivity contribution >= 4 is 38.3 Å². The van der Waals surface area contributed by atoms with Crippen LogP contribution in [0.4, 0.5) is 4.79 Å². The lowest BCUT2D eigenvalue weighted by molar-refractivity contribution is -0.00809. The van der Waals surface area contributed by atoms with E-state index in [0.29, 0.717) is 29.5 Å². The number of alkyl carbamates (subject to hydrolysis) is 1. The molecule has 1 amide bonds. The first-order valence-electron chi connectivity index (χ1n) is 13.8. The standard InChI is InChI=1S/C29H41ClN2O6S/c1-6-25(32-27(33)38-28(2,3)4)29(20-10-15-39(34,35)16-11-20)12-7-21(8-13-29)37-24-17-19-9-14-31-26(36-5)22(19)18-23(24)30/h9,14,17-18,20-21,25H,6-8,10-13,15-16H2,1-5H3,(H,32,33). The molecule has 2 aliphatic rings. The van der Waals surface area contributed by atoms with Crippen LogP contribution in [0.25, 0.3) is 10.8 Å². The molecule has 8 nitrogen and oxygen atoms in total. The molecule has 216 valence electrons. The van der Waals surface area contributed by atoms with E-state index in [9.17, 15) is 13.2 Å². The molecule has 39 heavy (non-hydrogen) atoms. The van der Waals surface area contributed by atoms with Crippen LogP contribution in [0.5, 0.6) is 11.6 Å². The summed E-state index contributed by atoms with van der Waals surface area (Å²) < 4.78 is 41.9. The molecular weight excluding hydrogens is 540 g/mol. The number of halogens is 1. The number of sulfone groups is 1. The monoisotopic (exact) mass is 580 g/mol. The van der Waals surface area contributed by atoms with E-state index in [-0.39, 0.29) is 35.0 Å². The Labute approximate surface area is 237 Å². The minimum atomic E-state index is -3.00. The Bertz CT molecular complexity index is 1270. The van der Waals surface area contributed by atoms with Gasteiger partial charge in [0, 0.05) is 17.6 Å². The van der Waals surface area contributed by atoms with Crippen molar-refractivity contribution in [2.75, 3.05) is 18.6 Å². The molecule has 1 aliphatic carbocycles. The third-order valence-corrected chi connectivity index (χ3v) is 10.3. The van der Waals surface area contributed by atoms with E-state index in [1.165, 1.54) is 0 Å². The van der Waals surface area contributed by atoms with Gasteiger partial charge in [-0.05, 0) is 101 Å². The van der Waals surface area contributed by atoms with Crippen molar-refractivity contribution in [1.82, 2.24) is 10.3 Å². The molecule has 0 radical (unpaired) electrons. The van der Waals surface area contributed by atoms with E-state index in [2.05, 4.69) is 17.2 Å². The van der Waals surface area contributed by atoms with Crippen molar-refractivity contribution in [3.05, 3.63) is 29.4 Å². The normalized spacial score (nSPS) is 24.6. The zero-order valence-electron chi connectivity index (χ0n) is 23.6. The lowest BCUT2D eigenvalue weighted by Crippen LogP contribution is -2.55. The van der Waals surface area contributed by atoms with Gasteiger partial charge in [-0.3, -0.25) is 0 Å². The fourth-order valence-corrected chi connectivity index (χ4v) is 8.13. The predicted octanol–water partition coefficient (Wildman–Crippen LogP) is 6.33. The summed E-state index contributed by atoms with van der Waals surface area (Å²) in [6.45, 7) is 7.62. The summed E-state index contributed by atoms with van der Waals surface area (Å²) >= 11 is 6.61. The number of rotatable bonds is 7. The van der Waals surface area contributed by atoms with Crippen molar-refractivity contribution < 1.29 is 27.4 Å². The van der Waals surface area contributed by atoms with Crippen LogP contribution in [0.2, 0.25) is 5.02 Å². The molecule has 1 atom stereocenters. The largest absolute Gasteiger partial charge is 0.489 e. The highest BCUT2D eigenvalue weighted by Gasteiger charge is 2.49. The third-order valence-electron chi connectivity index (χ3n) is 8.29. The second-order valence-electron chi connectivity index (χ2n) is 11.9. The molecule has 0 bridgehead atoms. The van der Waals surface area contributed by atoms with Crippen LogP contribution in [0, 0.1) is 11.3 Å². The van der Waals surface area contributed by atoms with E-state index in [1.807, 2.05) is 39.0 Å². The number of fused-ring (bicyclic) bond motifs is 1. The van der Waals surface area contributed by atoms with E-state index in [4.69, 9.17) is 25.8 Å². The Morgan fingerprint density at radius 1 is 1.18 bits per heavy atom. The first kappa shape index (κ1) is 29.7. The Morgan fingerprint density at radius 2 is 1.85 bits per heavy atom. The summed E-state index contributed by atoms with van der Waals surface area (Å²) in [5.74, 6) is 1.74. The third kappa shape index (κ3) is 6.91. The minimum absolute atomic E-state index is 0.0387. The first-order valence-corrected chi connectivity index (χ1v) is 16.0. The van der Waals surface area contributed by atoms with Gasteiger partial charge in [-0.2, -0.15) is 0 Å². The number of nitrogens with one attached hydrogen (secondary N) is 1. The van der Waals surface area contributed by atoms with Crippen LogP contribution in [-0.4, -0.2) is 55.9 Å². The maximum Gasteiger partial charge on any atom is 0.407 e. The average molecular weight is 581 g/mol. The quantitative estimate of drug-likeness (QED) is 0.408. The highest BCUT2D eigenvalue weighted by atomic mass is 35.5. The second kappa shape index (κ2) is 11.7. The van der Waals surface area contributed by atoms with Crippen molar-refractivity contribution in [2.45, 2.75) is 90.4 Å². The Kier molecular flexibility index (Phi) is 8.91. The Hall–Kier alpha value is -2.26. The summed E-state index contributed by atoms with van der Waals surface area (Å²) in [5, 5.41) is 5.43. The van der Waals surface area contributed by atoms with Crippen LogP contribution in [0.3, 0.4) is 0 Å².